The molecular weight excluding hydrogens is 355 g/mol. The van der Waals surface area contributed by atoms with Gasteiger partial charge < -0.3 is 4.90 Å². The molecule has 0 saturated carbocycles. The maximum atomic E-state index is 12.7. The number of alkyl halides is 4. The number of benzene rings is 1. The molecule has 1 rings (SSSR count). The maximum absolute atomic E-state index is 12.7. The van der Waals surface area contributed by atoms with Crippen LogP contribution in [0.25, 0.3) is 0 Å². The second kappa shape index (κ2) is 7.55. The minimum atomic E-state index is -4.33. The Morgan fingerprint density at radius 1 is 1.25 bits per heavy atom. The Hall–Kier alpha value is -0.420. The van der Waals surface area contributed by atoms with Gasteiger partial charge in [0.1, 0.15) is 0 Å². The average Bonchev–Trinajstić information content (AvgIpc) is 2.38. The minimum absolute atomic E-state index is 0.266. The van der Waals surface area contributed by atoms with Gasteiger partial charge in [-0.1, -0.05) is 13.8 Å². The number of halogens is 5. The Labute approximate surface area is 131 Å². The molecule has 114 valence electrons. The second-order valence-corrected chi connectivity index (χ2v) is 5.75. The van der Waals surface area contributed by atoms with Crippen molar-refractivity contribution in [1.29, 1.82) is 0 Å². The quantitative estimate of drug-likeness (QED) is 0.579. The van der Waals surface area contributed by atoms with Crippen molar-refractivity contribution >= 4 is 33.2 Å². The highest BCUT2D eigenvalue weighted by molar-refractivity contribution is 9.10. The molecule has 0 heterocycles. The first-order chi connectivity index (χ1) is 9.35. The summed E-state index contributed by atoms with van der Waals surface area (Å²) in [5.74, 6) is 0.434. The molecule has 0 bridgehead atoms. The van der Waals surface area contributed by atoms with Gasteiger partial charge in [-0.2, -0.15) is 13.2 Å². The molecule has 0 unspecified atom stereocenters. The fourth-order valence-corrected chi connectivity index (χ4v) is 3.03. The molecule has 0 spiro atoms. The third-order valence-corrected chi connectivity index (χ3v) is 4.10. The first-order valence-corrected chi connectivity index (χ1v) is 7.87. The van der Waals surface area contributed by atoms with E-state index in [1.165, 1.54) is 6.07 Å². The minimum Gasteiger partial charge on any atom is -0.366 e. The molecule has 0 aliphatic rings. The highest BCUT2D eigenvalue weighted by Crippen LogP contribution is 2.36. The Morgan fingerprint density at radius 2 is 1.85 bits per heavy atom. The number of anilines is 1. The summed E-state index contributed by atoms with van der Waals surface area (Å²) in [5, 5.41) is 0. The summed E-state index contributed by atoms with van der Waals surface area (Å²) in [6, 6.07) is 4.02. The van der Waals surface area contributed by atoms with Gasteiger partial charge in [0, 0.05) is 22.9 Å². The SMILES string of the molecule is CCC(CC)N(CCCl)c1ccc(C(F)(F)F)cc1Br. The molecule has 0 fully saturated rings. The van der Waals surface area contributed by atoms with Gasteiger partial charge in [-0.25, -0.2) is 0 Å². The third-order valence-electron chi connectivity index (χ3n) is 3.29. The molecule has 1 aromatic carbocycles. The topological polar surface area (TPSA) is 3.24 Å². The number of rotatable bonds is 6. The van der Waals surface area contributed by atoms with E-state index >= 15 is 0 Å². The third kappa shape index (κ3) is 4.29. The van der Waals surface area contributed by atoms with E-state index in [9.17, 15) is 13.2 Å². The lowest BCUT2D eigenvalue weighted by atomic mass is 10.1. The van der Waals surface area contributed by atoms with Crippen molar-refractivity contribution in [2.24, 2.45) is 0 Å². The van der Waals surface area contributed by atoms with E-state index in [2.05, 4.69) is 34.7 Å². The van der Waals surface area contributed by atoms with E-state index in [1.54, 1.807) is 0 Å². The van der Waals surface area contributed by atoms with Crippen LogP contribution in [0.1, 0.15) is 32.3 Å². The standard InChI is InChI=1S/C14H18BrClF3N/c1-3-11(4-2)20(8-7-16)13-6-5-10(9-12(13)15)14(17,18)19/h5-6,9,11H,3-4,7-8H2,1-2H3. The fraction of sp³-hybridized carbons (Fsp3) is 0.571. The highest BCUT2D eigenvalue weighted by Gasteiger charge is 2.31. The zero-order chi connectivity index (χ0) is 15.3. The van der Waals surface area contributed by atoms with Crippen LogP contribution in [0.3, 0.4) is 0 Å². The second-order valence-electron chi connectivity index (χ2n) is 4.52. The van der Waals surface area contributed by atoms with Gasteiger partial charge in [-0.05, 0) is 47.0 Å². The summed E-state index contributed by atoms with van der Waals surface area (Å²) >= 11 is 9.08. The van der Waals surface area contributed by atoms with Gasteiger partial charge in [0.25, 0.3) is 0 Å². The first-order valence-electron chi connectivity index (χ1n) is 6.54. The summed E-state index contributed by atoms with van der Waals surface area (Å²) in [6.45, 7) is 4.73. The van der Waals surface area contributed by atoms with E-state index < -0.39 is 11.7 Å². The summed E-state index contributed by atoms with van der Waals surface area (Å²) in [5.41, 5.74) is 0.107. The molecule has 0 radical (unpaired) electrons. The van der Waals surface area contributed by atoms with Crippen molar-refractivity contribution in [2.45, 2.75) is 38.9 Å². The van der Waals surface area contributed by atoms with Crippen LogP contribution in [0.2, 0.25) is 0 Å². The van der Waals surface area contributed by atoms with Gasteiger partial charge in [-0.3, -0.25) is 0 Å². The van der Waals surface area contributed by atoms with Crippen molar-refractivity contribution in [2.75, 3.05) is 17.3 Å². The molecule has 0 aliphatic heterocycles. The van der Waals surface area contributed by atoms with Crippen molar-refractivity contribution in [1.82, 2.24) is 0 Å². The number of hydrogen-bond donors (Lipinski definition) is 0. The normalized spacial score (nSPS) is 12.0. The van der Waals surface area contributed by atoms with Crippen LogP contribution in [0.4, 0.5) is 18.9 Å². The molecule has 0 amide bonds. The Morgan fingerprint density at radius 3 is 2.25 bits per heavy atom. The fourth-order valence-electron chi connectivity index (χ4n) is 2.24. The van der Waals surface area contributed by atoms with E-state index in [0.717, 1.165) is 30.7 Å². The monoisotopic (exact) mass is 371 g/mol. The Bertz CT molecular complexity index is 433. The molecule has 0 N–H and O–H groups in total. The summed E-state index contributed by atoms with van der Waals surface area (Å²) in [6.07, 6.45) is -2.49. The molecule has 1 nitrogen and oxygen atoms in total. The number of hydrogen-bond acceptors (Lipinski definition) is 1. The zero-order valence-electron chi connectivity index (χ0n) is 11.5. The van der Waals surface area contributed by atoms with Gasteiger partial charge in [-0.15, -0.1) is 11.6 Å². The van der Waals surface area contributed by atoms with Crippen LogP contribution in [0, 0.1) is 0 Å². The molecule has 0 saturated heterocycles. The van der Waals surface area contributed by atoms with Crippen LogP contribution in [0.5, 0.6) is 0 Å². The summed E-state index contributed by atoms with van der Waals surface area (Å²) in [4.78, 5) is 2.07. The van der Waals surface area contributed by atoms with Crippen LogP contribution >= 0.6 is 27.5 Å². The molecule has 0 aliphatic carbocycles. The van der Waals surface area contributed by atoms with Crippen molar-refractivity contribution in [3.05, 3.63) is 28.2 Å². The lowest BCUT2D eigenvalue weighted by Gasteiger charge is -2.33. The maximum Gasteiger partial charge on any atom is 0.416 e. The van der Waals surface area contributed by atoms with Crippen LogP contribution in [0.15, 0.2) is 22.7 Å². The van der Waals surface area contributed by atoms with E-state index in [0.29, 0.717) is 16.9 Å². The lowest BCUT2D eigenvalue weighted by molar-refractivity contribution is -0.137. The van der Waals surface area contributed by atoms with Crippen molar-refractivity contribution < 1.29 is 13.2 Å². The molecule has 6 heteroatoms. The van der Waals surface area contributed by atoms with E-state index in [4.69, 9.17) is 11.6 Å². The van der Waals surface area contributed by atoms with Gasteiger partial charge in [0.05, 0.1) is 11.3 Å². The number of nitrogens with zero attached hydrogens (tertiary/aromatic N) is 1. The molecule has 20 heavy (non-hydrogen) atoms. The van der Waals surface area contributed by atoms with Gasteiger partial charge >= 0.3 is 6.18 Å². The summed E-state index contributed by atoms with van der Waals surface area (Å²) < 4.78 is 38.5. The summed E-state index contributed by atoms with van der Waals surface area (Å²) in [7, 11) is 0. The first kappa shape index (κ1) is 17.6. The molecule has 0 aromatic heterocycles. The Kier molecular flexibility index (Phi) is 6.65. The lowest BCUT2D eigenvalue weighted by Crippen LogP contribution is -2.36. The predicted molar refractivity (Wildman–Crippen MR) is 81.6 cm³/mol. The van der Waals surface area contributed by atoms with Crippen LogP contribution < -0.4 is 4.90 Å². The van der Waals surface area contributed by atoms with E-state index in [-0.39, 0.29) is 6.04 Å². The smallest absolute Gasteiger partial charge is 0.366 e. The highest BCUT2D eigenvalue weighted by atomic mass is 79.9. The largest absolute Gasteiger partial charge is 0.416 e. The molecule has 1 aromatic rings. The molecular formula is C14H18BrClF3N. The van der Waals surface area contributed by atoms with Crippen LogP contribution in [-0.2, 0) is 6.18 Å². The Balaban J connectivity index is 3.15. The van der Waals surface area contributed by atoms with E-state index in [1.807, 2.05) is 0 Å². The molecule has 0 atom stereocenters. The van der Waals surface area contributed by atoms with Crippen LogP contribution in [-0.4, -0.2) is 18.5 Å². The van der Waals surface area contributed by atoms with Crippen molar-refractivity contribution in [3.8, 4) is 0 Å². The average molecular weight is 373 g/mol. The van der Waals surface area contributed by atoms with Gasteiger partial charge in [0.2, 0.25) is 0 Å². The predicted octanol–water partition coefficient (Wildman–Crippen LogP) is 5.70. The zero-order valence-corrected chi connectivity index (χ0v) is 13.8. The van der Waals surface area contributed by atoms with Gasteiger partial charge in [0.15, 0.2) is 0 Å². The van der Waals surface area contributed by atoms with Crippen molar-refractivity contribution in [3.63, 3.8) is 0 Å².